The molecule has 1 unspecified atom stereocenters. The smallest absolute Gasteiger partial charge is 0.243 e. The average Bonchev–Trinajstić information content (AvgIpc) is 3.27. The molecule has 1 heterocycles. The Morgan fingerprint density at radius 3 is 2.20 bits per heavy atom. The monoisotopic (exact) mass is 432 g/mol. The lowest BCUT2D eigenvalue weighted by molar-refractivity contribution is -0.122. The van der Waals surface area contributed by atoms with Gasteiger partial charge in [-0.25, -0.2) is 12.8 Å². The summed E-state index contributed by atoms with van der Waals surface area (Å²) in [6.45, 7) is 5.17. The quantitative estimate of drug-likeness (QED) is 0.684. The minimum absolute atomic E-state index is 0.0909. The van der Waals surface area contributed by atoms with Crippen molar-refractivity contribution in [1.29, 1.82) is 0 Å². The Hall–Kier alpha value is -2.25. The minimum Gasteiger partial charge on any atom is -0.349 e. The van der Waals surface area contributed by atoms with E-state index in [1.54, 1.807) is 36.4 Å². The van der Waals surface area contributed by atoms with E-state index in [0.29, 0.717) is 30.8 Å². The largest absolute Gasteiger partial charge is 0.349 e. The molecule has 1 N–H and O–H groups in total. The molecular weight excluding hydrogens is 403 g/mol. The number of hydrogen-bond acceptors (Lipinski definition) is 3. The first-order chi connectivity index (χ1) is 14.3. The summed E-state index contributed by atoms with van der Waals surface area (Å²) in [5.41, 5.74) is 1.78. The molecule has 0 aliphatic carbocycles. The molecule has 0 aromatic heterocycles. The molecule has 2 aromatic rings. The van der Waals surface area contributed by atoms with Gasteiger partial charge < -0.3 is 5.32 Å². The minimum atomic E-state index is -3.42. The molecule has 1 atom stereocenters. The maximum absolute atomic E-state index is 13.2. The maximum atomic E-state index is 13.2. The molecule has 0 saturated carbocycles. The number of benzene rings is 2. The first kappa shape index (κ1) is 22.4. The van der Waals surface area contributed by atoms with Gasteiger partial charge in [0.1, 0.15) is 5.82 Å². The third-order valence-electron chi connectivity index (χ3n) is 5.48. The van der Waals surface area contributed by atoms with Crippen LogP contribution in [0.5, 0.6) is 0 Å². The maximum Gasteiger partial charge on any atom is 0.243 e. The van der Waals surface area contributed by atoms with Crippen LogP contribution in [0.3, 0.4) is 0 Å². The summed E-state index contributed by atoms with van der Waals surface area (Å²) >= 11 is 0. The van der Waals surface area contributed by atoms with Gasteiger partial charge in [0.2, 0.25) is 15.9 Å². The summed E-state index contributed by atoms with van der Waals surface area (Å²) < 4.78 is 39.9. The lowest BCUT2D eigenvalue weighted by Gasteiger charge is -2.23. The Morgan fingerprint density at radius 1 is 1.03 bits per heavy atom. The van der Waals surface area contributed by atoms with Gasteiger partial charge in [0.25, 0.3) is 0 Å². The van der Waals surface area contributed by atoms with Crippen LogP contribution in [0.2, 0.25) is 0 Å². The van der Waals surface area contributed by atoms with Crippen LogP contribution in [0, 0.1) is 11.7 Å². The van der Waals surface area contributed by atoms with Crippen LogP contribution in [0.15, 0.2) is 53.4 Å². The van der Waals surface area contributed by atoms with Crippen molar-refractivity contribution < 1.29 is 17.6 Å². The molecule has 2 aromatic carbocycles. The number of nitrogens with one attached hydrogen (secondary N) is 1. The molecule has 7 heteroatoms. The molecule has 5 nitrogen and oxygen atoms in total. The standard InChI is InChI=1S/C23H29FN2O3S/c1-17(2)23(19-8-10-20(24)11-9-19)25-22(27)14-7-18-5-12-21(13-6-18)30(28,29)26-15-3-4-16-26/h5-6,8-13,17,23H,3-4,7,14-16H2,1-2H3,(H,25,27). The van der Waals surface area contributed by atoms with Crippen LogP contribution in [-0.4, -0.2) is 31.7 Å². The predicted octanol–water partition coefficient (Wildman–Crippen LogP) is 4.06. The topological polar surface area (TPSA) is 66.5 Å². The SMILES string of the molecule is CC(C)C(NC(=O)CCc1ccc(S(=O)(=O)N2CCCC2)cc1)c1ccc(F)cc1. The van der Waals surface area contributed by atoms with Gasteiger partial charge in [-0.05, 0) is 60.6 Å². The summed E-state index contributed by atoms with van der Waals surface area (Å²) in [7, 11) is -3.42. The van der Waals surface area contributed by atoms with Crippen molar-refractivity contribution in [2.45, 2.75) is 50.5 Å². The fraction of sp³-hybridized carbons (Fsp3) is 0.435. The highest BCUT2D eigenvalue weighted by molar-refractivity contribution is 7.89. The molecule has 1 aliphatic heterocycles. The highest BCUT2D eigenvalue weighted by Crippen LogP contribution is 2.23. The number of halogens is 1. The van der Waals surface area contributed by atoms with E-state index in [1.165, 1.54) is 16.4 Å². The van der Waals surface area contributed by atoms with Gasteiger partial charge >= 0.3 is 0 Å². The molecule has 1 fully saturated rings. The van der Waals surface area contributed by atoms with Gasteiger partial charge in [-0.2, -0.15) is 4.31 Å². The normalized spacial score (nSPS) is 16.0. The number of aryl methyl sites for hydroxylation is 1. The van der Waals surface area contributed by atoms with Crippen molar-refractivity contribution in [2.24, 2.45) is 5.92 Å². The van der Waals surface area contributed by atoms with Gasteiger partial charge in [0.05, 0.1) is 10.9 Å². The van der Waals surface area contributed by atoms with Crippen molar-refractivity contribution in [3.05, 3.63) is 65.5 Å². The molecule has 1 saturated heterocycles. The predicted molar refractivity (Wildman–Crippen MR) is 115 cm³/mol. The van der Waals surface area contributed by atoms with E-state index in [2.05, 4.69) is 5.32 Å². The molecular formula is C23H29FN2O3S. The number of nitrogens with zero attached hydrogens (tertiary/aromatic N) is 1. The number of hydrogen-bond donors (Lipinski definition) is 1. The molecule has 1 aliphatic rings. The summed E-state index contributed by atoms with van der Waals surface area (Å²) in [5.74, 6) is -0.232. The van der Waals surface area contributed by atoms with Crippen LogP contribution < -0.4 is 5.32 Å². The van der Waals surface area contributed by atoms with E-state index in [1.807, 2.05) is 13.8 Å². The number of carbonyl (C=O) groups is 1. The van der Waals surface area contributed by atoms with Crippen LogP contribution in [-0.2, 0) is 21.2 Å². The van der Waals surface area contributed by atoms with E-state index in [-0.39, 0.29) is 23.7 Å². The summed E-state index contributed by atoms with van der Waals surface area (Å²) in [6.07, 6.45) is 2.62. The third kappa shape index (κ3) is 5.46. The fourth-order valence-corrected chi connectivity index (χ4v) is 5.23. The second kappa shape index (κ2) is 9.71. The van der Waals surface area contributed by atoms with Gasteiger partial charge in [0, 0.05) is 19.5 Å². The third-order valence-corrected chi connectivity index (χ3v) is 7.39. The zero-order chi connectivity index (χ0) is 21.7. The Labute approximate surface area is 178 Å². The van der Waals surface area contributed by atoms with Gasteiger partial charge in [-0.15, -0.1) is 0 Å². The van der Waals surface area contributed by atoms with Crippen molar-refractivity contribution in [3.8, 4) is 0 Å². The number of amides is 1. The van der Waals surface area contributed by atoms with E-state index < -0.39 is 10.0 Å². The van der Waals surface area contributed by atoms with E-state index in [0.717, 1.165) is 24.0 Å². The Balaban J connectivity index is 1.58. The van der Waals surface area contributed by atoms with E-state index in [4.69, 9.17) is 0 Å². The lowest BCUT2D eigenvalue weighted by atomic mass is 9.95. The zero-order valence-corrected chi connectivity index (χ0v) is 18.3. The molecule has 30 heavy (non-hydrogen) atoms. The van der Waals surface area contributed by atoms with Crippen LogP contribution in [0.1, 0.15) is 50.3 Å². The van der Waals surface area contributed by atoms with Crippen molar-refractivity contribution in [1.82, 2.24) is 9.62 Å². The number of sulfonamides is 1. The first-order valence-corrected chi connectivity index (χ1v) is 11.9. The Morgan fingerprint density at radius 2 is 1.63 bits per heavy atom. The highest BCUT2D eigenvalue weighted by atomic mass is 32.2. The lowest BCUT2D eigenvalue weighted by Crippen LogP contribution is -2.31. The Kier molecular flexibility index (Phi) is 7.26. The molecule has 162 valence electrons. The van der Waals surface area contributed by atoms with Crippen molar-refractivity contribution >= 4 is 15.9 Å². The second-order valence-electron chi connectivity index (χ2n) is 8.10. The van der Waals surface area contributed by atoms with Gasteiger partial charge in [0.15, 0.2) is 0 Å². The molecule has 1 amide bonds. The first-order valence-electron chi connectivity index (χ1n) is 10.4. The average molecular weight is 433 g/mol. The molecule has 0 radical (unpaired) electrons. The second-order valence-corrected chi connectivity index (χ2v) is 10.0. The summed E-state index contributed by atoms with van der Waals surface area (Å²) in [6, 6.07) is 12.8. The van der Waals surface area contributed by atoms with Crippen LogP contribution in [0.25, 0.3) is 0 Å². The van der Waals surface area contributed by atoms with Crippen LogP contribution in [0.4, 0.5) is 4.39 Å². The number of carbonyl (C=O) groups excluding carboxylic acids is 1. The fourth-order valence-electron chi connectivity index (χ4n) is 3.71. The Bertz CT molecular complexity index is 951. The van der Waals surface area contributed by atoms with Gasteiger partial charge in [-0.3, -0.25) is 4.79 Å². The molecule has 0 spiro atoms. The summed E-state index contributed by atoms with van der Waals surface area (Å²) in [5, 5.41) is 3.03. The molecule has 0 bridgehead atoms. The zero-order valence-electron chi connectivity index (χ0n) is 17.5. The van der Waals surface area contributed by atoms with Crippen molar-refractivity contribution in [2.75, 3.05) is 13.1 Å². The summed E-state index contributed by atoms with van der Waals surface area (Å²) in [4.78, 5) is 12.8. The van der Waals surface area contributed by atoms with Gasteiger partial charge in [-0.1, -0.05) is 38.1 Å². The highest BCUT2D eigenvalue weighted by Gasteiger charge is 2.27. The number of rotatable bonds is 8. The van der Waals surface area contributed by atoms with Crippen molar-refractivity contribution in [3.63, 3.8) is 0 Å². The molecule has 3 rings (SSSR count). The van der Waals surface area contributed by atoms with E-state index in [9.17, 15) is 17.6 Å². The van der Waals surface area contributed by atoms with E-state index >= 15 is 0 Å². The van der Waals surface area contributed by atoms with Crippen LogP contribution >= 0.6 is 0 Å².